The fourth-order valence-corrected chi connectivity index (χ4v) is 2.39. The Labute approximate surface area is 129 Å². The number of allylic oxidation sites excluding steroid dienone is 12. The molecule has 0 fully saturated rings. The van der Waals surface area contributed by atoms with E-state index in [-0.39, 0.29) is 5.41 Å². The Kier molecular flexibility index (Phi) is 6.18. The number of hydrogen-bond donors (Lipinski definition) is 0. The molecule has 0 saturated heterocycles. The molecule has 0 heterocycles. The van der Waals surface area contributed by atoms with Crippen LogP contribution in [-0.2, 0) is 0 Å². The summed E-state index contributed by atoms with van der Waals surface area (Å²) in [5.74, 6) is 0. The van der Waals surface area contributed by atoms with Crippen molar-refractivity contribution < 1.29 is 0 Å². The molecular formula is C20H25N. The summed E-state index contributed by atoms with van der Waals surface area (Å²) < 4.78 is 0. The summed E-state index contributed by atoms with van der Waals surface area (Å²) in [6, 6.07) is 2.03. The largest absolute Gasteiger partial charge is 0.193 e. The third-order valence-corrected chi connectivity index (χ3v) is 3.67. The highest BCUT2D eigenvalue weighted by Crippen LogP contribution is 2.37. The molecule has 1 aliphatic rings. The first-order valence-electron chi connectivity index (χ1n) is 7.34. The number of rotatable bonds is 4. The van der Waals surface area contributed by atoms with Gasteiger partial charge in [0.25, 0.3) is 0 Å². The third-order valence-electron chi connectivity index (χ3n) is 3.67. The molecule has 0 aromatic rings. The maximum atomic E-state index is 8.55. The second kappa shape index (κ2) is 7.64. The molecule has 0 atom stereocenters. The van der Waals surface area contributed by atoms with Crippen LogP contribution in [0.3, 0.4) is 0 Å². The number of nitriles is 1. The lowest BCUT2D eigenvalue weighted by Crippen LogP contribution is -2.16. The van der Waals surface area contributed by atoms with E-state index in [1.807, 2.05) is 25.1 Å². The molecule has 0 aliphatic heterocycles. The van der Waals surface area contributed by atoms with Crippen LogP contribution in [0.25, 0.3) is 0 Å². The van der Waals surface area contributed by atoms with E-state index in [1.165, 1.54) is 16.7 Å². The van der Waals surface area contributed by atoms with Crippen LogP contribution in [0.15, 0.2) is 70.9 Å². The average Bonchev–Trinajstić information content (AvgIpc) is 2.37. The normalized spacial score (nSPS) is 19.6. The maximum absolute atomic E-state index is 8.55. The van der Waals surface area contributed by atoms with Crippen molar-refractivity contribution in [3.05, 3.63) is 70.9 Å². The standard InChI is InChI=1S/C20H25N/c1-16(8-6-9-17(2)13-15-21)11-12-19-18(3)10-7-14-20(19,4)5/h6-13H,14H2,1-5H3/b9-6+,12-11+,16-8+,17-13+. The molecular weight excluding hydrogens is 254 g/mol. The summed E-state index contributed by atoms with van der Waals surface area (Å²) in [6.45, 7) is 10.8. The molecule has 0 aromatic heterocycles. The second-order valence-corrected chi connectivity index (χ2v) is 6.21. The van der Waals surface area contributed by atoms with Gasteiger partial charge in [0, 0.05) is 6.08 Å². The van der Waals surface area contributed by atoms with Crippen LogP contribution in [0.4, 0.5) is 0 Å². The van der Waals surface area contributed by atoms with Crippen LogP contribution >= 0.6 is 0 Å². The minimum Gasteiger partial charge on any atom is -0.193 e. The van der Waals surface area contributed by atoms with Crippen molar-refractivity contribution in [2.75, 3.05) is 0 Å². The highest BCUT2D eigenvalue weighted by Gasteiger charge is 2.23. The fourth-order valence-electron chi connectivity index (χ4n) is 2.39. The summed E-state index contributed by atoms with van der Waals surface area (Å²) >= 11 is 0. The lowest BCUT2D eigenvalue weighted by Gasteiger charge is -2.29. The van der Waals surface area contributed by atoms with Crippen LogP contribution in [0.5, 0.6) is 0 Å². The van der Waals surface area contributed by atoms with Gasteiger partial charge in [-0.1, -0.05) is 62.0 Å². The molecule has 21 heavy (non-hydrogen) atoms. The van der Waals surface area contributed by atoms with Crippen molar-refractivity contribution in [3.8, 4) is 6.07 Å². The molecule has 110 valence electrons. The van der Waals surface area contributed by atoms with Crippen LogP contribution in [-0.4, -0.2) is 0 Å². The van der Waals surface area contributed by atoms with Crippen molar-refractivity contribution in [1.29, 1.82) is 5.26 Å². The van der Waals surface area contributed by atoms with Crippen LogP contribution in [0.1, 0.15) is 41.0 Å². The maximum Gasteiger partial charge on any atom is 0.0914 e. The van der Waals surface area contributed by atoms with Crippen LogP contribution < -0.4 is 0 Å². The van der Waals surface area contributed by atoms with Crippen LogP contribution in [0, 0.1) is 16.7 Å². The van der Waals surface area contributed by atoms with Gasteiger partial charge in [0.1, 0.15) is 0 Å². The van der Waals surface area contributed by atoms with Crippen molar-refractivity contribution in [1.82, 2.24) is 0 Å². The molecule has 0 bridgehead atoms. The van der Waals surface area contributed by atoms with Gasteiger partial charge >= 0.3 is 0 Å². The first-order valence-corrected chi connectivity index (χ1v) is 7.34. The third kappa shape index (κ3) is 5.44. The van der Waals surface area contributed by atoms with Gasteiger partial charge in [-0.25, -0.2) is 0 Å². The van der Waals surface area contributed by atoms with Gasteiger partial charge in [0.05, 0.1) is 6.07 Å². The van der Waals surface area contributed by atoms with Crippen molar-refractivity contribution in [2.24, 2.45) is 5.41 Å². The Morgan fingerprint density at radius 1 is 1.24 bits per heavy atom. The quantitative estimate of drug-likeness (QED) is 0.470. The minimum absolute atomic E-state index is 0.206. The Balaban J connectivity index is 2.83. The van der Waals surface area contributed by atoms with Gasteiger partial charge in [0.15, 0.2) is 0 Å². The van der Waals surface area contributed by atoms with Gasteiger partial charge in [-0.15, -0.1) is 0 Å². The van der Waals surface area contributed by atoms with E-state index < -0.39 is 0 Å². The first kappa shape index (κ1) is 17.0. The molecule has 0 amide bonds. The minimum atomic E-state index is 0.206. The molecule has 0 N–H and O–H groups in total. The smallest absolute Gasteiger partial charge is 0.0914 e. The Bertz CT molecular complexity index is 596. The topological polar surface area (TPSA) is 23.8 Å². The van der Waals surface area contributed by atoms with Gasteiger partial charge < -0.3 is 0 Å². The summed E-state index contributed by atoms with van der Waals surface area (Å²) in [5.41, 5.74) is 5.11. The van der Waals surface area contributed by atoms with Gasteiger partial charge in [-0.3, -0.25) is 0 Å². The highest BCUT2D eigenvalue weighted by atomic mass is 14.3. The lowest BCUT2D eigenvalue weighted by molar-refractivity contribution is 0.456. The monoisotopic (exact) mass is 279 g/mol. The predicted molar refractivity (Wildman–Crippen MR) is 91.6 cm³/mol. The van der Waals surface area contributed by atoms with E-state index in [0.29, 0.717) is 0 Å². The van der Waals surface area contributed by atoms with Gasteiger partial charge in [-0.05, 0) is 49.3 Å². The first-order chi connectivity index (χ1) is 9.86. The van der Waals surface area contributed by atoms with Crippen molar-refractivity contribution in [2.45, 2.75) is 41.0 Å². The SMILES string of the molecule is CC1=C(/C=C/C(C)=C/C=C/C(C)=C/C#N)C(C)(C)CC=C1. The molecule has 0 spiro atoms. The molecule has 1 rings (SSSR count). The lowest BCUT2D eigenvalue weighted by atomic mass is 9.75. The second-order valence-electron chi connectivity index (χ2n) is 6.21. The molecule has 0 saturated carbocycles. The summed E-state index contributed by atoms with van der Waals surface area (Å²) in [4.78, 5) is 0. The fraction of sp³-hybridized carbons (Fsp3) is 0.350. The van der Waals surface area contributed by atoms with E-state index in [0.717, 1.165) is 12.0 Å². The van der Waals surface area contributed by atoms with E-state index in [4.69, 9.17) is 5.26 Å². The highest BCUT2D eigenvalue weighted by molar-refractivity contribution is 5.42. The van der Waals surface area contributed by atoms with Crippen molar-refractivity contribution in [3.63, 3.8) is 0 Å². The number of nitrogens with zero attached hydrogens (tertiary/aromatic N) is 1. The molecule has 0 radical (unpaired) electrons. The zero-order chi connectivity index (χ0) is 15.9. The number of hydrogen-bond acceptors (Lipinski definition) is 1. The summed E-state index contributed by atoms with van der Waals surface area (Å²) in [6.07, 6.45) is 17.5. The Hall–Kier alpha value is -2.07. The van der Waals surface area contributed by atoms with Crippen LogP contribution in [0.2, 0.25) is 0 Å². The molecule has 1 nitrogen and oxygen atoms in total. The summed E-state index contributed by atoms with van der Waals surface area (Å²) in [7, 11) is 0. The molecule has 1 aliphatic carbocycles. The Morgan fingerprint density at radius 3 is 2.57 bits per heavy atom. The summed E-state index contributed by atoms with van der Waals surface area (Å²) in [5, 5.41) is 8.55. The van der Waals surface area contributed by atoms with E-state index >= 15 is 0 Å². The van der Waals surface area contributed by atoms with Gasteiger partial charge in [-0.2, -0.15) is 5.26 Å². The van der Waals surface area contributed by atoms with E-state index in [1.54, 1.807) is 6.08 Å². The molecule has 0 unspecified atom stereocenters. The average molecular weight is 279 g/mol. The predicted octanol–water partition coefficient (Wildman–Crippen LogP) is 5.82. The van der Waals surface area contributed by atoms with Crippen molar-refractivity contribution >= 4 is 0 Å². The van der Waals surface area contributed by atoms with E-state index in [2.05, 4.69) is 58.1 Å². The zero-order valence-electron chi connectivity index (χ0n) is 13.8. The molecule has 1 heteroatoms. The van der Waals surface area contributed by atoms with Gasteiger partial charge in [0.2, 0.25) is 0 Å². The van der Waals surface area contributed by atoms with E-state index in [9.17, 15) is 0 Å². The Morgan fingerprint density at radius 2 is 1.95 bits per heavy atom. The zero-order valence-corrected chi connectivity index (χ0v) is 13.8. The molecule has 0 aromatic carbocycles.